The highest BCUT2D eigenvalue weighted by molar-refractivity contribution is 9.10. The zero-order valence-electron chi connectivity index (χ0n) is 9.89. The molecular formula is C12H12BrN5. The summed E-state index contributed by atoms with van der Waals surface area (Å²) in [6.45, 7) is 3.84. The summed E-state index contributed by atoms with van der Waals surface area (Å²) < 4.78 is 2.51. The van der Waals surface area contributed by atoms with Crippen LogP contribution in [0.3, 0.4) is 0 Å². The third kappa shape index (κ3) is 2.75. The van der Waals surface area contributed by atoms with Gasteiger partial charge in [-0.05, 0) is 40.2 Å². The van der Waals surface area contributed by atoms with E-state index in [0.29, 0.717) is 0 Å². The molecule has 0 spiro atoms. The van der Waals surface area contributed by atoms with Crippen molar-refractivity contribution in [2.45, 2.75) is 13.5 Å². The van der Waals surface area contributed by atoms with Gasteiger partial charge in [-0.15, -0.1) is 5.10 Å². The van der Waals surface area contributed by atoms with E-state index in [0.717, 1.165) is 23.2 Å². The second kappa shape index (κ2) is 5.76. The van der Waals surface area contributed by atoms with Crippen LogP contribution in [0.5, 0.6) is 0 Å². The van der Waals surface area contributed by atoms with Gasteiger partial charge >= 0.3 is 0 Å². The summed E-state index contributed by atoms with van der Waals surface area (Å²) in [5.41, 5.74) is 2.05. The lowest BCUT2D eigenvalue weighted by Crippen LogP contribution is -2.11. The first-order valence-corrected chi connectivity index (χ1v) is 6.35. The van der Waals surface area contributed by atoms with Crippen molar-refractivity contribution < 1.29 is 0 Å². The maximum absolute atomic E-state index is 8.70. The van der Waals surface area contributed by atoms with E-state index in [4.69, 9.17) is 5.26 Å². The van der Waals surface area contributed by atoms with Gasteiger partial charge in [0.25, 0.3) is 5.82 Å². The predicted octanol–water partition coefficient (Wildman–Crippen LogP) is 2.01. The van der Waals surface area contributed by atoms with E-state index in [1.54, 1.807) is 4.68 Å². The summed E-state index contributed by atoms with van der Waals surface area (Å²) in [6, 6.07) is 7.92. The Balaban J connectivity index is 2.27. The molecule has 5 nitrogen and oxygen atoms in total. The van der Waals surface area contributed by atoms with Crippen molar-refractivity contribution in [2.24, 2.45) is 0 Å². The Morgan fingerprint density at radius 3 is 2.94 bits per heavy atom. The number of benzene rings is 1. The molecule has 1 N–H and O–H groups in total. The molecule has 0 unspecified atom stereocenters. The summed E-state index contributed by atoms with van der Waals surface area (Å²) in [5.74, 6) is 0.165. The molecule has 18 heavy (non-hydrogen) atoms. The van der Waals surface area contributed by atoms with Crippen molar-refractivity contribution in [3.8, 4) is 11.8 Å². The van der Waals surface area contributed by atoms with Crippen LogP contribution in [0.15, 0.2) is 29.0 Å². The van der Waals surface area contributed by atoms with Gasteiger partial charge in [0.15, 0.2) is 0 Å². The maximum atomic E-state index is 8.70. The Kier molecular flexibility index (Phi) is 4.07. The molecule has 0 fully saturated rings. The quantitative estimate of drug-likeness (QED) is 0.938. The molecular weight excluding hydrogens is 294 g/mol. The number of nitrogens with zero attached hydrogens (tertiary/aromatic N) is 4. The van der Waals surface area contributed by atoms with Gasteiger partial charge in [-0.3, -0.25) is 0 Å². The van der Waals surface area contributed by atoms with E-state index >= 15 is 0 Å². The molecule has 0 radical (unpaired) electrons. The zero-order chi connectivity index (χ0) is 13.0. The lowest BCUT2D eigenvalue weighted by Gasteiger charge is -2.07. The minimum atomic E-state index is 0.165. The third-order valence-electron chi connectivity index (χ3n) is 2.43. The maximum Gasteiger partial charge on any atom is 0.252 e. The SMILES string of the molecule is CCNCc1ccc(-n2cnc(C#N)n2)c(Br)c1. The number of rotatable bonds is 4. The van der Waals surface area contributed by atoms with Crippen molar-refractivity contribution in [1.29, 1.82) is 5.26 Å². The lowest BCUT2D eigenvalue weighted by atomic mass is 10.2. The van der Waals surface area contributed by atoms with Crippen molar-refractivity contribution in [2.75, 3.05) is 6.54 Å². The van der Waals surface area contributed by atoms with Crippen LogP contribution in [-0.4, -0.2) is 21.3 Å². The van der Waals surface area contributed by atoms with Gasteiger partial charge in [0.2, 0.25) is 0 Å². The minimum Gasteiger partial charge on any atom is -0.313 e. The lowest BCUT2D eigenvalue weighted by molar-refractivity contribution is 0.726. The number of hydrogen-bond donors (Lipinski definition) is 1. The first kappa shape index (κ1) is 12.7. The molecule has 92 valence electrons. The molecule has 0 saturated carbocycles. The molecule has 0 aliphatic carbocycles. The highest BCUT2D eigenvalue weighted by Crippen LogP contribution is 2.21. The number of hydrogen-bond acceptors (Lipinski definition) is 4. The van der Waals surface area contributed by atoms with E-state index in [9.17, 15) is 0 Å². The van der Waals surface area contributed by atoms with E-state index in [2.05, 4.69) is 38.3 Å². The van der Waals surface area contributed by atoms with Crippen LogP contribution in [0, 0.1) is 11.3 Å². The van der Waals surface area contributed by atoms with Crippen LogP contribution in [0.1, 0.15) is 18.3 Å². The van der Waals surface area contributed by atoms with Gasteiger partial charge in [-0.25, -0.2) is 9.67 Å². The molecule has 2 aromatic rings. The highest BCUT2D eigenvalue weighted by atomic mass is 79.9. The van der Waals surface area contributed by atoms with Crippen LogP contribution in [-0.2, 0) is 6.54 Å². The topological polar surface area (TPSA) is 66.5 Å². The molecule has 0 aliphatic rings. The fraction of sp³-hybridized carbons (Fsp3) is 0.250. The van der Waals surface area contributed by atoms with Crippen molar-refractivity contribution in [3.05, 3.63) is 40.4 Å². The van der Waals surface area contributed by atoms with Gasteiger partial charge in [-0.1, -0.05) is 13.0 Å². The van der Waals surface area contributed by atoms with Crippen molar-refractivity contribution in [1.82, 2.24) is 20.1 Å². The van der Waals surface area contributed by atoms with Crippen LogP contribution in [0.2, 0.25) is 0 Å². The van der Waals surface area contributed by atoms with Crippen molar-refractivity contribution >= 4 is 15.9 Å². The molecule has 1 aromatic carbocycles. The predicted molar refractivity (Wildman–Crippen MR) is 71.2 cm³/mol. The van der Waals surface area contributed by atoms with E-state index in [1.165, 1.54) is 11.9 Å². The average molecular weight is 306 g/mol. The summed E-state index contributed by atoms with van der Waals surface area (Å²) >= 11 is 3.51. The normalized spacial score (nSPS) is 10.3. The smallest absolute Gasteiger partial charge is 0.252 e. The van der Waals surface area contributed by atoms with Crippen LogP contribution in [0.25, 0.3) is 5.69 Å². The Bertz CT molecular complexity index is 584. The van der Waals surface area contributed by atoms with Gasteiger partial charge < -0.3 is 5.32 Å². The monoisotopic (exact) mass is 305 g/mol. The number of nitrogens with one attached hydrogen (secondary N) is 1. The summed E-state index contributed by atoms with van der Waals surface area (Å²) in [6.07, 6.45) is 1.53. The number of halogens is 1. The largest absolute Gasteiger partial charge is 0.313 e. The second-order valence-electron chi connectivity index (χ2n) is 3.69. The van der Waals surface area contributed by atoms with Crippen LogP contribution < -0.4 is 5.32 Å². The van der Waals surface area contributed by atoms with E-state index in [1.807, 2.05) is 24.3 Å². The van der Waals surface area contributed by atoms with E-state index < -0.39 is 0 Å². The van der Waals surface area contributed by atoms with E-state index in [-0.39, 0.29) is 5.82 Å². The first-order chi connectivity index (χ1) is 8.74. The standard InChI is InChI=1S/C12H12BrN5/c1-2-15-7-9-3-4-11(10(13)5-9)18-8-16-12(6-14)17-18/h3-5,8,15H,2,7H2,1H3. The Hall–Kier alpha value is -1.71. The molecule has 0 saturated heterocycles. The summed E-state index contributed by atoms with van der Waals surface area (Å²) in [4.78, 5) is 3.88. The average Bonchev–Trinajstić information content (AvgIpc) is 2.85. The molecule has 2 rings (SSSR count). The molecule has 6 heteroatoms. The molecule has 0 bridgehead atoms. The summed E-state index contributed by atoms with van der Waals surface area (Å²) in [5, 5.41) is 16.0. The molecule has 0 amide bonds. The first-order valence-electron chi connectivity index (χ1n) is 5.56. The summed E-state index contributed by atoms with van der Waals surface area (Å²) in [7, 11) is 0. The molecule has 0 aliphatic heterocycles. The number of aromatic nitrogens is 3. The highest BCUT2D eigenvalue weighted by Gasteiger charge is 2.06. The van der Waals surface area contributed by atoms with Crippen LogP contribution >= 0.6 is 15.9 Å². The number of nitriles is 1. The van der Waals surface area contributed by atoms with Crippen molar-refractivity contribution in [3.63, 3.8) is 0 Å². The second-order valence-corrected chi connectivity index (χ2v) is 4.54. The third-order valence-corrected chi connectivity index (χ3v) is 3.07. The zero-order valence-corrected chi connectivity index (χ0v) is 11.5. The Morgan fingerprint density at radius 1 is 1.50 bits per heavy atom. The molecule has 1 aromatic heterocycles. The van der Waals surface area contributed by atoms with Gasteiger partial charge in [-0.2, -0.15) is 5.26 Å². The van der Waals surface area contributed by atoms with Crippen LogP contribution in [0.4, 0.5) is 0 Å². The fourth-order valence-electron chi connectivity index (χ4n) is 1.55. The minimum absolute atomic E-state index is 0.165. The van der Waals surface area contributed by atoms with Gasteiger partial charge in [0, 0.05) is 11.0 Å². The Morgan fingerprint density at radius 2 is 2.33 bits per heavy atom. The molecule has 1 heterocycles. The fourth-order valence-corrected chi connectivity index (χ4v) is 2.15. The van der Waals surface area contributed by atoms with Gasteiger partial charge in [0.1, 0.15) is 12.4 Å². The Labute approximate surface area is 114 Å². The molecule has 0 atom stereocenters. The van der Waals surface area contributed by atoms with Gasteiger partial charge in [0.05, 0.1) is 5.69 Å².